The summed E-state index contributed by atoms with van der Waals surface area (Å²) in [4.78, 5) is 19.1. The lowest BCUT2D eigenvalue weighted by atomic mass is 10.3. The first-order chi connectivity index (χ1) is 10.8. The third kappa shape index (κ3) is 5.22. The second kappa shape index (κ2) is 8.38. The van der Waals surface area contributed by atoms with Crippen LogP contribution < -0.4 is 15.5 Å². The Morgan fingerprint density at radius 3 is 2.73 bits per heavy atom. The van der Waals surface area contributed by atoms with Gasteiger partial charge in [0.15, 0.2) is 0 Å². The number of carbonyl (C=O) groups excluding carboxylic acids is 1. The summed E-state index contributed by atoms with van der Waals surface area (Å²) >= 11 is 0. The van der Waals surface area contributed by atoms with Crippen molar-refractivity contribution in [3.8, 4) is 5.75 Å². The van der Waals surface area contributed by atoms with E-state index in [0.29, 0.717) is 24.7 Å². The third-order valence-electron chi connectivity index (χ3n) is 2.61. The van der Waals surface area contributed by atoms with Crippen LogP contribution in [0, 0.1) is 0 Å². The molecule has 0 saturated heterocycles. The zero-order chi connectivity index (χ0) is 15.6. The fourth-order valence-corrected chi connectivity index (χ4v) is 1.58. The van der Waals surface area contributed by atoms with Crippen LogP contribution in [0.5, 0.6) is 5.75 Å². The molecule has 0 unspecified atom stereocenters. The molecule has 0 fully saturated rings. The molecule has 1 amide bonds. The third-order valence-corrected chi connectivity index (χ3v) is 2.61. The van der Waals surface area contributed by atoms with Gasteiger partial charge in [-0.05, 0) is 18.2 Å². The number of para-hydroxylation sites is 1. The maximum atomic E-state index is 10.8. The molecule has 2 rings (SSSR count). The van der Waals surface area contributed by atoms with Crippen molar-refractivity contribution in [3.05, 3.63) is 54.5 Å². The first-order valence-corrected chi connectivity index (χ1v) is 6.64. The first kappa shape index (κ1) is 15.5. The number of ether oxygens (including phenoxy) is 1. The summed E-state index contributed by atoms with van der Waals surface area (Å²) in [6.07, 6.45) is 5.67. The minimum atomic E-state index is -0.623. The van der Waals surface area contributed by atoms with Crippen LogP contribution in [0.3, 0.4) is 0 Å². The maximum Gasteiger partial charge on any atom is 0.267 e. The number of benzene rings is 1. The van der Waals surface area contributed by atoms with E-state index in [2.05, 4.69) is 15.3 Å². The fraction of sp³-hybridized carbons (Fsp3) is 0.133. The molecular weight excluding hydrogens is 284 g/mol. The topological polar surface area (TPSA) is 96.4 Å². The lowest BCUT2D eigenvalue weighted by Crippen LogP contribution is -2.15. The van der Waals surface area contributed by atoms with Gasteiger partial charge in [0.1, 0.15) is 18.2 Å². The number of hydroxylamine groups is 1. The maximum absolute atomic E-state index is 10.8. The molecule has 0 spiro atoms. The molecule has 0 radical (unpaired) electrons. The number of amides is 1. The van der Waals surface area contributed by atoms with Crippen molar-refractivity contribution in [1.82, 2.24) is 15.4 Å². The van der Waals surface area contributed by atoms with Crippen LogP contribution in [0.1, 0.15) is 5.69 Å². The predicted octanol–water partition coefficient (Wildman–Crippen LogP) is 1.49. The summed E-state index contributed by atoms with van der Waals surface area (Å²) < 4.78 is 5.54. The summed E-state index contributed by atoms with van der Waals surface area (Å²) in [6, 6.07) is 9.54. The molecule has 1 aromatic heterocycles. The quantitative estimate of drug-likeness (QED) is 0.310. The first-order valence-electron chi connectivity index (χ1n) is 6.64. The van der Waals surface area contributed by atoms with Crippen LogP contribution in [0.15, 0.2) is 48.8 Å². The van der Waals surface area contributed by atoms with Gasteiger partial charge < -0.3 is 10.1 Å². The highest BCUT2D eigenvalue weighted by atomic mass is 16.5. The summed E-state index contributed by atoms with van der Waals surface area (Å²) in [5.74, 6) is 0.806. The predicted molar refractivity (Wildman–Crippen MR) is 81.4 cm³/mol. The molecule has 1 heterocycles. The smallest absolute Gasteiger partial charge is 0.267 e. The Balaban J connectivity index is 1.74. The zero-order valence-electron chi connectivity index (χ0n) is 11.8. The van der Waals surface area contributed by atoms with Gasteiger partial charge in [-0.25, -0.2) is 10.5 Å². The Labute approximate surface area is 127 Å². The Bertz CT molecular complexity index is 614. The van der Waals surface area contributed by atoms with Crippen molar-refractivity contribution in [2.24, 2.45) is 0 Å². The highest BCUT2D eigenvalue weighted by Crippen LogP contribution is 2.08. The van der Waals surface area contributed by atoms with Gasteiger partial charge in [-0.1, -0.05) is 18.2 Å². The van der Waals surface area contributed by atoms with E-state index < -0.39 is 5.91 Å². The summed E-state index contributed by atoms with van der Waals surface area (Å²) in [6.45, 7) is 1.09. The van der Waals surface area contributed by atoms with E-state index in [-0.39, 0.29) is 0 Å². The lowest BCUT2D eigenvalue weighted by Gasteiger charge is -2.07. The van der Waals surface area contributed by atoms with E-state index in [9.17, 15) is 4.79 Å². The summed E-state index contributed by atoms with van der Waals surface area (Å²) in [7, 11) is 0. The van der Waals surface area contributed by atoms with Gasteiger partial charge in [0, 0.05) is 6.08 Å². The van der Waals surface area contributed by atoms with Crippen LogP contribution in [0.4, 0.5) is 5.82 Å². The molecule has 2 aromatic rings. The number of rotatable bonds is 7. The van der Waals surface area contributed by atoms with Gasteiger partial charge in [0.2, 0.25) is 0 Å². The molecule has 0 bridgehead atoms. The van der Waals surface area contributed by atoms with Gasteiger partial charge in [0.05, 0.1) is 24.6 Å². The van der Waals surface area contributed by atoms with Gasteiger partial charge in [-0.3, -0.25) is 15.0 Å². The van der Waals surface area contributed by atoms with Gasteiger partial charge >= 0.3 is 0 Å². The van der Waals surface area contributed by atoms with E-state index in [1.165, 1.54) is 17.8 Å². The number of hydrogen-bond donors (Lipinski definition) is 3. The van der Waals surface area contributed by atoms with Crippen molar-refractivity contribution < 1.29 is 14.7 Å². The number of anilines is 1. The molecule has 3 N–H and O–H groups in total. The summed E-state index contributed by atoms with van der Waals surface area (Å²) in [5.41, 5.74) is 2.00. The molecule has 0 aliphatic carbocycles. The fourth-order valence-electron chi connectivity index (χ4n) is 1.58. The average Bonchev–Trinajstić information content (AvgIpc) is 2.58. The van der Waals surface area contributed by atoms with Gasteiger partial charge in [-0.15, -0.1) is 0 Å². The molecule has 7 heteroatoms. The monoisotopic (exact) mass is 300 g/mol. The number of aromatic nitrogens is 2. The molecule has 7 nitrogen and oxygen atoms in total. The molecule has 0 saturated carbocycles. The Kier molecular flexibility index (Phi) is 5.89. The minimum Gasteiger partial charge on any atom is -0.492 e. The van der Waals surface area contributed by atoms with Crippen LogP contribution in [0.2, 0.25) is 0 Å². The normalized spacial score (nSPS) is 10.4. The van der Waals surface area contributed by atoms with Crippen molar-refractivity contribution in [1.29, 1.82) is 0 Å². The number of nitrogens with one attached hydrogen (secondary N) is 2. The van der Waals surface area contributed by atoms with E-state index in [1.807, 2.05) is 30.3 Å². The Morgan fingerprint density at radius 1 is 1.23 bits per heavy atom. The molecule has 0 aliphatic rings. The van der Waals surface area contributed by atoms with Crippen molar-refractivity contribution >= 4 is 17.8 Å². The molecule has 0 aliphatic heterocycles. The van der Waals surface area contributed by atoms with E-state index in [1.54, 1.807) is 6.20 Å². The molecule has 0 atom stereocenters. The highest BCUT2D eigenvalue weighted by Gasteiger charge is 1.97. The molecule has 22 heavy (non-hydrogen) atoms. The van der Waals surface area contributed by atoms with E-state index in [4.69, 9.17) is 9.94 Å². The minimum absolute atomic E-state index is 0.504. The largest absolute Gasteiger partial charge is 0.492 e. The standard InChI is InChI=1S/C15H16N4O3/c20-15(19-21)7-6-12-10-18-14(11-17-12)16-8-9-22-13-4-2-1-3-5-13/h1-7,10-11,21H,8-9H2,(H,16,18)(H,19,20). The second-order valence-corrected chi connectivity index (χ2v) is 4.22. The zero-order valence-corrected chi connectivity index (χ0v) is 11.8. The van der Waals surface area contributed by atoms with Gasteiger partial charge in [-0.2, -0.15) is 0 Å². The van der Waals surface area contributed by atoms with Crippen LogP contribution >= 0.6 is 0 Å². The average molecular weight is 300 g/mol. The summed E-state index contributed by atoms with van der Waals surface area (Å²) in [5, 5.41) is 11.4. The van der Waals surface area contributed by atoms with Crippen LogP contribution in [0.25, 0.3) is 6.08 Å². The Morgan fingerprint density at radius 2 is 2.05 bits per heavy atom. The van der Waals surface area contributed by atoms with Gasteiger partial charge in [0.25, 0.3) is 5.91 Å². The lowest BCUT2D eigenvalue weighted by molar-refractivity contribution is -0.124. The van der Waals surface area contributed by atoms with E-state index in [0.717, 1.165) is 11.8 Å². The van der Waals surface area contributed by atoms with Crippen molar-refractivity contribution in [3.63, 3.8) is 0 Å². The van der Waals surface area contributed by atoms with Crippen molar-refractivity contribution in [2.45, 2.75) is 0 Å². The SMILES string of the molecule is O=C(C=Cc1cnc(NCCOc2ccccc2)cn1)NO. The number of nitrogens with zero attached hydrogens (tertiary/aromatic N) is 2. The number of carbonyl (C=O) groups is 1. The molecule has 1 aromatic carbocycles. The molecular formula is C15H16N4O3. The van der Waals surface area contributed by atoms with Crippen LogP contribution in [-0.2, 0) is 4.79 Å². The number of hydrogen-bond acceptors (Lipinski definition) is 6. The van der Waals surface area contributed by atoms with Crippen molar-refractivity contribution in [2.75, 3.05) is 18.5 Å². The van der Waals surface area contributed by atoms with E-state index >= 15 is 0 Å². The van der Waals surface area contributed by atoms with Crippen LogP contribution in [-0.4, -0.2) is 34.2 Å². The molecule has 114 valence electrons. The second-order valence-electron chi connectivity index (χ2n) is 4.22. The highest BCUT2D eigenvalue weighted by molar-refractivity contribution is 5.90. The Hall–Kier alpha value is -2.93.